The second-order valence-corrected chi connectivity index (χ2v) is 4.70. The topological polar surface area (TPSA) is 21.3 Å². The summed E-state index contributed by atoms with van der Waals surface area (Å²) in [5, 5.41) is 3.34. The Kier molecular flexibility index (Phi) is 6.16. The Bertz CT molecular complexity index is 311. The molecular formula is C14H22FNO. The Hall–Kier alpha value is -0.930. The van der Waals surface area contributed by atoms with E-state index in [9.17, 15) is 4.39 Å². The van der Waals surface area contributed by atoms with Crippen molar-refractivity contribution in [2.24, 2.45) is 5.92 Å². The fourth-order valence-electron chi connectivity index (χ4n) is 1.54. The van der Waals surface area contributed by atoms with Gasteiger partial charge in [-0.3, -0.25) is 0 Å². The maximum atomic E-state index is 12.7. The first kappa shape index (κ1) is 14.1. The van der Waals surface area contributed by atoms with Crippen LogP contribution in [-0.4, -0.2) is 19.8 Å². The first-order chi connectivity index (χ1) is 8.09. The lowest BCUT2D eigenvalue weighted by Gasteiger charge is -2.14. The lowest BCUT2D eigenvalue weighted by atomic mass is 10.1. The third-order valence-corrected chi connectivity index (χ3v) is 2.52. The number of benzene rings is 1. The zero-order valence-corrected chi connectivity index (χ0v) is 10.9. The van der Waals surface area contributed by atoms with Crippen LogP contribution in [0.15, 0.2) is 24.3 Å². The molecule has 0 bridgehead atoms. The number of rotatable bonds is 7. The van der Waals surface area contributed by atoms with Gasteiger partial charge in [-0.2, -0.15) is 0 Å². The van der Waals surface area contributed by atoms with E-state index in [1.54, 1.807) is 0 Å². The van der Waals surface area contributed by atoms with Gasteiger partial charge in [0, 0.05) is 19.2 Å². The minimum atomic E-state index is -0.193. The predicted octanol–water partition coefficient (Wildman–Crippen LogP) is 3.15. The molecule has 1 rings (SSSR count). The number of halogens is 1. The summed E-state index contributed by atoms with van der Waals surface area (Å²) < 4.78 is 18.2. The van der Waals surface area contributed by atoms with Crippen molar-refractivity contribution >= 4 is 0 Å². The molecule has 0 aromatic heterocycles. The monoisotopic (exact) mass is 239 g/mol. The van der Waals surface area contributed by atoms with Crippen LogP contribution in [0.3, 0.4) is 0 Å². The smallest absolute Gasteiger partial charge is 0.123 e. The highest BCUT2D eigenvalue weighted by Gasteiger charge is 2.04. The first-order valence-corrected chi connectivity index (χ1v) is 6.16. The Morgan fingerprint density at radius 2 is 1.82 bits per heavy atom. The molecule has 1 atom stereocenters. The maximum absolute atomic E-state index is 12.7. The molecule has 0 radical (unpaired) electrons. The molecule has 1 aromatic carbocycles. The molecule has 2 nitrogen and oxygen atoms in total. The molecule has 0 saturated carbocycles. The van der Waals surface area contributed by atoms with E-state index < -0.39 is 0 Å². The van der Waals surface area contributed by atoms with E-state index in [0.29, 0.717) is 12.5 Å². The van der Waals surface area contributed by atoms with Gasteiger partial charge in [0.15, 0.2) is 0 Å². The SMILES string of the molecule is CC(C)COCCN[C@@H](C)c1ccc(F)cc1. The average molecular weight is 239 g/mol. The third kappa shape index (κ3) is 5.80. The van der Waals surface area contributed by atoms with Crippen LogP contribution >= 0.6 is 0 Å². The summed E-state index contributed by atoms with van der Waals surface area (Å²) in [5.41, 5.74) is 1.09. The van der Waals surface area contributed by atoms with Crippen LogP contribution in [0.25, 0.3) is 0 Å². The van der Waals surface area contributed by atoms with Gasteiger partial charge in [0.1, 0.15) is 5.82 Å². The number of ether oxygens (including phenoxy) is 1. The van der Waals surface area contributed by atoms with Gasteiger partial charge in [-0.15, -0.1) is 0 Å². The Morgan fingerprint density at radius 3 is 2.41 bits per heavy atom. The summed E-state index contributed by atoms with van der Waals surface area (Å²) in [6, 6.07) is 6.81. The van der Waals surface area contributed by atoms with Crippen LogP contribution in [0, 0.1) is 11.7 Å². The molecule has 0 heterocycles. The molecule has 1 N–H and O–H groups in total. The van der Waals surface area contributed by atoms with Crippen LogP contribution < -0.4 is 5.32 Å². The summed E-state index contributed by atoms with van der Waals surface area (Å²) in [7, 11) is 0. The minimum absolute atomic E-state index is 0.193. The summed E-state index contributed by atoms with van der Waals surface area (Å²) in [4.78, 5) is 0. The summed E-state index contributed by atoms with van der Waals surface area (Å²) >= 11 is 0. The largest absolute Gasteiger partial charge is 0.380 e. The van der Waals surface area contributed by atoms with Crippen molar-refractivity contribution in [3.63, 3.8) is 0 Å². The van der Waals surface area contributed by atoms with Crippen molar-refractivity contribution in [3.8, 4) is 0 Å². The number of nitrogens with one attached hydrogen (secondary N) is 1. The average Bonchev–Trinajstić information content (AvgIpc) is 2.29. The highest BCUT2D eigenvalue weighted by Crippen LogP contribution is 2.12. The summed E-state index contributed by atoms with van der Waals surface area (Å²) in [6.07, 6.45) is 0. The van der Waals surface area contributed by atoms with E-state index in [0.717, 1.165) is 18.7 Å². The van der Waals surface area contributed by atoms with Gasteiger partial charge in [0.05, 0.1) is 6.61 Å². The van der Waals surface area contributed by atoms with Crippen LogP contribution in [0.4, 0.5) is 4.39 Å². The lowest BCUT2D eigenvalue weighted by molar-refractivity contribution is 0.110. The van der Waals surface area contributed by atoms with E-state index in [4.69, 9.17) is 4.74 Å². The van der Waals surface area contributed by atoms with Crippen LogP contribution in [0.1, 0.15) is 32.4 Å². The predicted molar refractivity (Wildman–Crippen MR) is 68.5 cm³/mol. The molecule has 0 aliphatic rings. The normalized spacial score (nSPS) is 13.0. The van der Waals surface area contributed by atoms with Crippen LogP contribution in [-0.2, 0) is 4.74 Å². The van der Waals surface area contributed by atoms with Crippen molar-refractivity contribution in [1.82, 2.24) is 5.32 Å². The van der Waals surface area contributed by atoms with E-state index in [-0.39, 0.29) is 11.9 Å². The zero-order chi connectivity index (χ0) is 12.7. The molecule has 0 aliphatic heterocycles. The van der Waals surface area contributed by atoms with Crippen molar-refractivity contribution in [1.29, 1.82) is 0 Å². The third-order valence-electron chi connectivity index (χ3n) is 2.52. The fourth-order valence-corrected chi connectivity index (χ4v) is 1.54. The van der Waals surface area contributed by atoms with E-state index >= 15 is 0 Å². The zero-order valence-electron chi connectivity index (χ0n) is 10.9. The van der Waals surface area contributed by atoms with Gasteiger partial charge in [-0.05, 0) is 30.5 Å². The molecular weight excluding hydrogens is 217 g/mol. The molecule has 17 heavy (non-hydrogen) atoms. The highest BCUT2D eigenvalue weighted by molar-refractivity contribution is 5.19. The maximum Gasteiger partial charge on any atom is 0.123 e. The molecule has 96 valence electrons. The second kappa shape index (κ2) is 7.41. The van der Waals surface area contributed by atoms with Gasteiger partial charge in [0.25, 0.3) is 0 Å². The first-order valence-electron chi connectivity index (χ1n) is 6.16. The van der Waals surface area contributed by atoms with Gasteiger partial charge in [-0.1, -0.05) is 26.0 Å². The van der Waals surface area contributed by atoms with Crippen molar-refractivity contribution in [2.45, 2.75) is 26.8 Å². The van der Waals surface area contributed by atoms with Crippen LogP contribution in [0.2, 0.25) is 0 Å². The van der Waals surface area contributed by atoms with E-state index in [1.165, 1.54) is 12.1 Å². The molecule has 0 saturated heterocycles. The van der Waals surface area contributed by atoms with Gasteiger partial charge >= 0.3 is 0 Å². The molecule has 1 aromatic rings. The number of hydrogen-bond acceptors (Lipinski definition) is 2. The molecule has 0 unspecified atom stereocenters. The molecule has 0 amide bonds. The summed E-state index contributed by atoms with van der Waals surface area (Å²) in [6.45, 7) is 8.65. The minimum Gasteiger partial charge on any atom is -0.380 e. The Balaban J connectivity index is 2.21. The highest BCUT2D eigenvalue weighted by atomic mass is 19.1. The standard InChI is InChI=1S/C14H22FNO/c1-11(2)10-17-9-8-16-12(3)13-4-6-14(15)7-5-13/h4-7,11-12,16H,8-10H2,1-3H3/t12-/m0/s1. The molecule has 0 spiro atoms. The number of hydrogen-bond donors (Lipinski definition) is 1. The van der Waals surface area contributed by atoms with Gasteiger partial charge in [0.2, 0.25) is 0 Å². The van der Waals surface area contributed by atoms with Gasteiger partial charge in [-0.25, -0.2) is 4.39 Å². The Morgan fingerprint density at radius 1 is 1.18 bits per heavy atom. The van der Waals surface area contributed by atoms with Crippen molar-refractivity contribution in [2.75, 3.05) is 19.8 Å². The van der Waals surface area contributed by atoms with E-state index in [1.807, 2.05) is 12.1 Å². The van der Waals surface area contributed by atoms with Crippen molar-refractivity contribution < 1.29 is 9.13 Å². The lowest BCUT2D eigenvalue weighted by Crippen LogP contribution is -2.23. The fraction of sp³-hybridized carbons (Fsp3) is 0.571. The summed E-state index contributed by atoms with van der Waals surface area (Å²) in [5.74, 6) is 0.380. The quantitative estimate of drug-likeness (QED) is 0.738. The van der Waals surface area contributed by atoms with Crippen molar-refractivity contribution in [3.05, 3.63) is 35.6 Å². The molecule has 0 aliphatic carbocycles. The van der Waals surface area contributed by atoms with Gasteiger partial charge < -0.3 is 10.1 Å². The molecule has 0 fully saturated rings. The second-order valence-electron chi connectivity index (χ2n) is 4.70. The van der Waals surface area contributed by atoms with E-state index in [2.05, 4.69) is 26.1 Å². The van der Waals surface area contributed by atoms with Crippen LogP contribution in [0.5, 0.6) is 0 Å². The Labute approximate surface area is 103 Å². The molecule has 3 heteroatoms.